The van der Waals surface area contributed by atoms with E-state index in [4.69, 9.17) is 0 Å². The summed E-state index contributed by atoms with van der Waals surface area (Å²) < 4.78 is 4.56. The number of pyridine rings is 1. The van der Waals surface area contributed by atoms with Gasteiger partial charge in [0.15, 0.2) is 0 Å². The zero-order valence-corrected chi connectivity index (χ0v) is 17.2. The molecule has 3 unspecified atom stereocenters. The summed E-state index contributed by atoms with van der Waals surface area (Å²) in [4.78, 5) is 53.9. The maximum Gasteiger partial charge on any atom is 0.305 e. The van der Waals surface area contributed by atoms with Gasteiger partial charge in [-0.3, -0.25) is 24.2 Å². The van der Waals surface area contributed by atoms with E-state index in [0.717, 1.165) is 0 Å². The highest BCUT2D eigenvalue weighted by Gasteiger charge is 2.37. The molecule has 1 fully saturated rings. The van der Waals surface area contributed by atoms with E-state index in [-0.39, 0.29) is 43.8 Å². The minimum Gasteiger partial charge on any atom is -0.469 e. The Morgan fingerprint density at radius 1 is 1.30 bits per heavy atom. The van der Waals surface area contributed by atoms with E-state index >= 15 is 0 Å². The predicted molar refractivity (Wildman–Crippen MR) is 106 cm³/mol. The number of ether oxygens (including phenoxy) is 1. The highest BCUT2D eigenvalue weighted by molar-refractivity contribution is 5.94. The number of likely N-dealkylation sites (tertiary alicyclic amines) is 1. The summed E-state index contributed by atoms with van der Waals surface area (Å²) in [5.41, 5.74) is 0.455. The van der Waals surface area contributed by atoms with Crippen molar-refractivity contribution < 1.29 is 29.0 Å². The summed E-state index contributed by atoms with van der Waals surface area (Å²) in [7, 11) is 1.29. The molecule has 1 aliphatic rings. The molecule has 0 aliphatic carbocycles. The molecule has 3 atom stereocenters. The molecule has 30 heavy (non-hydrogen) atoms. The van der Waals surface area contributed by atoms with Gasteiger partial charge in [0, 0.05) is 43.5 Å². The van der Waals surface area contributed by atoms with Crippen molar-refractivity contribution in [3.05, 3.63) is 30.1 Å². The molecule has 3 N–H and O–H groups in total. The molecule has 0 saturated carbocycles. The molecule has 0 spiro atoms. The van der Waals surface area contributed by atoms with Gasteiger partial charge >= 0.3 is 5.97 Å². The van der Waals surface area contributed by atoms with Gasteiger partial charge in [-0.25, -0.2) is 0 Å². The van der Waals surface area contributed by atoms with E-state index in [1.807, 2.05) is 0 Å². The number of carbonyl (C=O) groups excluding carboxylic acids is 4. The summed E-state index contributed by atoms with van der Waals surface area (Å²) in [5, 5.41) is 15.3. The quantitative estimate of drug-likeness (QED) is 0.385. The Morgan fingerprint density at radius 3 is 2.63 bits per heavy atom. The van der Waals surface area contributed by atoms with Crippen molar-refractivity contribution >= 4 is 23.7 Å². The minimum atomic E-state index is -1.23. The third kappa shape index (κ3) is 6.51. The third-order valence-electron chi connectivity index (χ3n) is 4.91. The summed E-state index contributed by atoms with van der Waals surface area (Å²) in [6.07, 6.45) is 3.05. The lowest BCUT2D eigenvalue weighted by Crippen LogP contribution is -2.59. The largest absolute Gasteiger partial charge is 0.469 e. The van der Waals surface area contributed by atoms with Crippen LogP contribution >= 0.6 is 0 Å². The fourth-order valence-electron chi connectivity index (χ4n) is 3.28. The molecule has 0 bridgehead atoms. The van der Waals surface area contributed by atoms with E-state index in [0.29, 0.717) is 18.4 Å². The maximum atomic E-state index is 12.7. The number of nitrogens with zero attached hydrogens (tertiary/aromatic N) is 2. The number of aromatic nitrogens is 1. The average molecular weight is 420 g/mol. The number of piperidine rings is 1. The molecule has 3 amide bonds. The second kappa shape index (κ2) is 11.2. The summed E-state index contributed by atoms with van der Waals surface area (Å²) in [6, 6.07) is 2.04. The standard InChI is InChI=1S/C20H28N4O6/c1-13(25)20(29)24-11-7-15(23-18(27)14-5-9-21-10-6-14)12-16(24)19(28)22-8-3-4-17(26)30-2/h5-6,9-10,13,15-16,25H,3-4,7-8,11-12H2,1-2H3,(H,22,28)(H,23,27). The number of esters is 1. The Balaban J connectivity index is 2.00. The summed E-state index contributed by atoms with van der Waals surface area (Å²) >= 11 is 0. The first-order valence-electron chi connectivity index (χ1n) is 9.87. The van der Waals surface area contributed by atoms with E-state index in [2.05, 4.69) is 20.4 Å². The smallest absolute Gasteiger partial charge is 0.305 e. The van der Waals surface area contributed by atoms with Crippen molar-refractivity contribution in [2.75, 3.05) is 20.2 Å². The van der Waals surface area contributed by atoms with Crippen LogP contribution < -0.4 is 10.6 Å². The van der Waals surface area contributed by atoms with Crippen LogP contribution in [0.4, 0.5) is 0 Å². The molecule has 10 heteroatoms. The lowest BCUT2D eigenvalue weighted by molar-refractivity contribution is -0.148. The molecule has 1 aromatic rings. The number of rotatable bonds is 8. The molecular weight excluding hydrogens is 392 g/mol. The van der Waals surface area contributed by atoms with Crippen LogP contribution in [0.1, 0.15) is 43.0 Å². The van der Waals surface area contributed by atoms with Gasteiger partial charge in [0.25, 0.3) is 11.8 Å². The van der Waals surface area contributed by atoms with Gasteiger partial charge in [-0.2, -0.15) is 0 Å². The van der Waals surface area contributed by atoms with Crippen molar-refractivity contribution in [2.24, 2.45) is 0 Å². The SMILES string of the molecule is COC(=O)CCCNC(=O)C1CC(NC(=O)c2ccncc2)CCN1C(=O)C(C)O. The second-order valence-corrected chi connectivity index (χ2v) is 7.12. The normalized spacial score (nSPS) is 19.5. The highest BCUT2D eigenvalue weighted by atomic mass is 16.5. The number of methoxy groups -OCH3 is 1. The zero-order chi connectivity index (χ0) is 22.1. The number of hydrogen-bond donors (Lipinski definition) is 3. The van der Waals surface area contributed by atoms with Crippen molar-refractivity contribution in [2.45, 2.75) is 50.8 Å². The Bertz CT molecular complexity index is 755. The van der Waals surface area contributed by atoms with Crippen LogP contribution in [0.15, 0.2) is 24.5 Å². The van der Waals surface area contributed by atoms with Gasteiger partial charge in [0.05, 0.1) is 7.11 Å². The topological polar surface area (TPSA) is 138 Å². The Morgan fingerprint density at radius 2 is 2.00 bits per heavy atom. The van der Waals surface area contributed by atoms with E-state index in [1.165, 1.54) is 31.3 Å². The van der Waals surface area contributed by atoms with Gasteiger partial charge < -0.3 is 25.4 Å². The Kier molecular flexibility index (Phi) is 8.72. The average Bonchev–Trinajstić information content (AvgIpc) is 2.76. The van der Waals surface area contributed by atoms with Gasteiger partial charge in [-0.05, 0) is 38.3 Å². The lowest BCUT2D eigenvalue weighted by Gasteiger charge is -2.39. The fraction of sp³-hybridized carbons (Fsp3) is 0.550. The van der Waals surface area contributed by atoms with Crippen LogP contribution in [0.3, 0.4) is 0 Å². The summed E-state index contributed by atoms with van der Waals surface area (Å²) in [5.74, 6) is -1.58. The fourth-order valence-corrected chi connectivity index (χ4v) is 3.28. The van der Waals surface area contributed by atoms with E-state index < -0.39 is 24.0 Å². The minimum absolute atomic E-state index is 0.169. The lowest BCUT2D eigenvalue weighted by atomic mass is 9.95. The Hall–Kier alpha value is -3.01. The zero-order valence-electron chi connectivity index (χ0n) is 17.2. The van der Waals surface area contributed by atoms with Crippen LogP contribution in [0.2, 0.25) is 0 Å². The van der Waals surface area contributed by atoms with Gasteiger partial charge in [0.1, 0.15) is 12.1 Å². The second-order valence-electron chi connectivity index (χ2n) is 7.12. The van der Waals surface area contributed by atoms with Crippen molar-refractivity contribution in [1.82, 2.24) is 20.5 Å². The number of aliphatic hydroxyl groups excluding tert-OH is 1. The highest BCUT2D eigenvalue weighted by Crippen LogP contribution is 2.20. The number of carbonyl (C=O) groups is 4. The molecule has 1 aliphatic heterocycles. The first-order chi connectivity index (χ1) is 14.3. The third-order valence-corrected chi connectivity index (χ3v) is 4.91. The van der Waals surface area contributed by atoms with E-state index in [1.54, 1.807) is 12.1 Å². The molecule has 2 heterocycles. The molecular formula is C20H28N4O6. The molecule has 164 valence electrons. The molecule has 2 rings (SSSR count). The van der Waals surface area contributed by atoms with Crippen LogP contribution in [0, 0.1) is 0 Å². The van der Waals surface area contributed by atoms with E-state index in [9.17, 15) is 24.3 Å². The number of aliphatic hydroxyl groups is 1. The number of nitrogens with one attached hydrogen (secondary N) is 2. The van der Waals surface area contributed by atoms with Crippen molar-refractivity contribution in [3.63, 3.8) is 0 Å². The first kappa shape index (κ1) is 23.3. The molecule has 1 saturated heterocycles. The van der Waals surface area contributed by atoms with Crippen molar-refractivity contribution in [3.8, 4) is 0 Å². The monoisotopic (exact) mass is 420 g/mol. The first-order valence-corrected chi connectivity index (χ1v) is 9.87. The molecule has 1 aromatic heterocycles. The maximum absolute atomic E-state index is 12.7. The van der Waals surface area contributed by atoms with Crippen molar-refractivity contribution in [1.29, 1.82) is 0 Å². The summed E-state index contributed by atoms with van der Waals surface area (Å²) in [6.45, 7) is 1.82. The number of amides is 3. The van der Waals surface area contributed by atoms with Crippen LogP contribution in [0.5, 0.6) is 0 Å². The van der Waals surface area contributed by atoms with Crippen LogP contribution in [-0.4, -0.2) is 77.1 Å². The predicted octanol–water partition coefficient (Wildman–Crippen LogP) is -0.379. The Labute approximate surface area is 175 Å². The van der Waals surface area contributed by atoms with Crippen LogP contribution in [-0.2, 0) is 19.1 Å². The van der Waals surface area contributed by atoms with Gasteiger partial charge in [0.2, 0.25) is 5.91 Å². The van der Waals surface area contributed by atoms with Gasteiger partial charge in [-0.15, -0.1) is 0 Å². The molecule has 0 radical (unpaired) electrons. The number of hydrogen-bond acceptors (Lipinski definition) is 7. The van der Waals surface area contributed by atoms with Gasteiger partial charge in [-0.1, -0.05) is 0 Å². The molecule has 10 nitrogen and oxygen atoms in total. The molecule has 0 aromatic carbocycles. The van der Waals surface area contributed by atoms with Crippen LogP contribution in [0.25, 0.3) is 0 Å².